The van der Waals surface area contributed by atoms with Crippen molar-refractivity contribution in [2.45, 2.75) is 25.2 Å². The minimum Gasteiger partial charge on any atom is -0.327 e. The summed E-state index contributed by atoms with van der Waals surface area (Å²) in [6, 6.07) is 1.32. The van der Waals surface area contributed by atoms with E-state index in [1.54, 1.807) is 0 Å². The summed E-state index contributed by atoms with van der Waals surface area (Å²) in [6.45, 7) is 4.44. The van der Waals surface area contributed by atoms with Crippen LogP contribution in [0.3, 0.4) is 0 Å². The van der Waals surface area contributed by atoms with Gasteiger partial charge in [-0.05, 0) is 34.3 Å². The quantitative estimate of drug-likeness (QED) is 0.891. The normalized spacial score (nSPS) is 12.3. The van der Waals surface area contributed by atoms with E-state index in [1.165, 1.54) is 23.6 Å². The summed E-state index contributed by atoms with van der Waals surface area (Å²) in [6.07, 6.45) is 2.16. The Labute approximate surface area is 115 Å². The lowest BCUT2D eigenvalue weighted by molar-refractivity contribution is 0.427. The fraction of sp³-hybridized carbons (Fsp3) is 0.545. The zero-order valence-corrected chi connectivity index (χ0v) is 13.0. The Bertz CT molecular complexity index is 566. The van der Waals surface area contributed by atoms with E-state index in [9.17, 15) is 13.2 Å². The van der Waals surface area contributed by atoms with E-state index in [2.05, 4.69) is 20.9 Å². The molecule has 0 aromatic carbocycles. The summed E-state index contributed by atoms with van der Waals surface area (Å²) in [7, 11) is -2.24. The highest BCUT2D eigenvalue weighted by Gasteiger charge is 2.24. The van der Waals surface area contributed by atoms with Gasteiger partial charge in [0, 0.05) is 24.3 Å². The molecule has 0 bridgehead atoms. The van der Waals surface area contributed by atoms with Crippen molar-refractivity contribution in [2.24, 2.45) is 5.92 Å². The summed E-state index contributed by atoms with van der Waals surface area (Å²) >= 11 is 3.15. The first-order valence-corrected chi connectivity index (χ1v) is 7.83. The standard InChI is InChI=1S/C11H17BrN2O3S/c1-8(2)4-5-14(3)18(16,17)10-6-9(12)7-13-11(10)15/h6-8H,4-5H2,1-3H3,(H,13,15). The number of sulfonamides is 1. The van der Waals surface area contributed by atoms with Crippen LogP contribution in [0.25, 0.3) is 0 Å². The monoisotopic (exact) mass is 336 g/mol. The van der Waals surface area contributed by atoms with Gasteiger partial charge >= 0.3 is 0 Å². The number of nitrogens with one attached hydrogen (secondary N) is 1. The number of aromatic nitrogens is 1. The predicted octanol–water partition coefficient (Wildman–Crippen LogP) is 1.80. The Morgan fingerprint density at radius 3 is 2.61 bits per heavy atom. The number of pyridine rings is 1. The summed E-state index contributed by atoms with van der Waals surface area (Å²) in [4.78, 5) is 13.7. The lowest BCUT2D eigenvalue weighted by Gasteiger charge is -2.17. The van der Waals surface area contributed by atoms with E-state index >= 15 is 0 Å². The largest absolute Gasteiger partial charge is 0.327 e. The molecule has 7 heteroatoms. The molecule has 0 radical (unpaired) electrons. The van der Waals surface area contributed by atoms with Crippen molar-refractivity contribution < 1.29 is 8.42 Å². The molecule has 1 aromatic heterocycles. The van der Waals surface area contributed by atoms with Gasteiger partial charge in [-0.1, -0.05) is 13.8 Å². The van der Waals surface area contributed by atoms with Crippen molar-refractivity contribution in [1.82, 2.24) is 9.29 Å². The molecular weight excluding hydrogens is 320 g/mol. The van der Waals surface area contributed by atoms with Crippen molar-refractivity contribution in [3.8, 4) is 0 Å². The molecule has 0 aliphatic carbocycles. The highest BCUT2D eigenvalue weighted by molar-refractivity contribution is 9.10. The van der Waals surface area contributed by atoms with E-state index in [-0.39, 0.29) is 4.90 Å². The van der Waals surface area contributed by atoms with Crippen LogP contribution in [0, 0.1) is 5.92 Å². The lowest BCUT2D eigenvalue weighted by atomic mass is 10.1. The number of aromatic amines is 1. The Kier molecular flexibility index (Phi) is 5.12. The Balaban J connectivity index is 3.06. The van der Waals surface area contributed by atoms with Crippen LogP contribution in [0.2, 0.25) is 0 Å². The molecule has 5 nitrogen and oxygen atoms in total. The van der Waals surface area contributed by atoms with Crippen molar-refractivity contribution in [1.29, 1.82) is 0 Å². The topological polar surface area (TPSA) is 70.2 Å². The molecule has 0 atom stereocenters. The van der Waals surface area contributed by atoms with Crippen LogP contribution >= 0.6 is 15.9 Å². The molecule has 18 heavy (non-hydrogen) atoms. The molecule has 0 unspecified atom stereocenters. The van der Waals surface area contributed by atoms with Gasteiger partial charge in [0.25, 0.3) is 5.56 Å². The van der Waals surface area contributed by atoms with Gasteiger partial charge in [0.05, 0.1) is 0 Å². The maximum Gasteiger partial charge on any atom is 0.268 e. The molecule has 0 aliphatic heterocycles. The van der Waals surface area contributed by atoms with Crippen LogP contribution < -0.4 is 5.56 Å². The zero-order valence-electron chi connectivity index (χ0n) is 10.6. The van der Waals surface area contributed by atoms with Gasteiger partial charge in [0.1, 0.15) is 4.90 Å². The van der Waals surface area contributed by atoms with Gasteiger partial charge in [-0.15, -0.1) is 0 Å². The number of halogens is 1. The molecule has 1 heterocycles. The molecule has 1 aromatic rings. The smallest absolute Gasteiger partial charge is 0.268 e. The molecular formula is C11H17BrN2O3S. The lowest BCUT2D eigenvalue weighted by Crippen LogP contribution is -2.32. The first kappa shape index (κ1) is 15.4. The third-order valence-electron chi connectivity index (χ3n) is 2.54. The molecule has 0 fully saturated rings. The molecule has 0 spiro atoms. The minimum absolute atomic E-state index is 0.233. The van der Waals surface area contributed by atoms with Gasteiger partial charge in [0.2, 0.25) is 10.0 Å². The maximum absolute atomic E-state index is 12.2. The SMILES string of the molecule is CC(C)CCN(C)S(=O)(=O)c1cc(Br)c[nH]c1=O. The van der Waals surface area contributed by atoms with Gasteiger partial charge in [-0.25, -0.2) is 12.7 Å². The summed E-state index contributed by atoms with van der Waals surface area (Å²) < 4.78 is 26.1. The first-order valence-electron chi connectivity index (χ1n) is 5.59. The summed E-state index contributed by atoms with van der Waals surface area (Å²) in [5, 5.41) is 0. The van der Waals surface area contributed by atoms with Crippen molar-refractivity contribution in [2.75, 3.05) is 13.6 Å². The summed E-state index contributed by atoms with van der Waals surface area (Å²) in [5.74, 6) is 0.406. The third kappa shape index (κ3) is 3.66. The van der Waals surface area contributed by atoms with Crippen LogP contribution in [-0.4, -0.2) is 31.3 Å². The number of rotatable bonds is 5. The molecule has 102 valence electrons. The molecule has 0 aliphatic rings. The van der Waals surface area contributed by atoms with E-state index in [0.717, 1.165) is 6.42 Å². The number of nitrogens with zero attached hydrogens (tertiary/aromatic N) is 1. The van der Waals surface area contributed by atoms with Crippen molar-refractivity contribution >= 4 is 26.0 Å². The second kappa shape index (κ2) is 5.99. The van der Waals surface area contributed by atoms with E-state index in [1.807, 2.05) is 13.8 Å². The van der Waals surface area contributed by atoms with Gasteiger partial charge in [-0.3, -0.25) is 4.79 Å². The minimum atomic E-state index is -3.73. The van der Waals surface area contributed by atoms with E-state index in [0.29, 0.717) is 16.9 Å². The molecule has 0 amide bonds. The molecule has 1 N–H and O–H groups in total. The van der Waals surface area contributed by atoms with Gasteiger partial charge < -0.3 is 4.98 Å². The first-order chi connectivity index (χ1) is 8.25. The maximum atomic E-state index is 12.2. The second-order valence-corrected chi connectivity index (χ2v) is 7.45. The number of H-pyrrole nitrogens is 1. The molecule has 1 rings (SSSR count). The van der Waals surface area contributed by atoms with Crippen LogP contribution in [0.5, 0.6) is 0 Å². The Morgan fingerprint density at radius 1 is 1.44 bits per heavy atom. The molecule has 0 saturated carbocycles. The highest BCUT2D eigenvalue weighted by Crippen LogP contribution is 2.15. The summed E-state index contributed by atoms with van der Waals surface area (Å²) in [5.41, 5.74) is -0.602. The van der Waals surface area contributed by atoms with E-state index < -0.39 is 15.6 Å². The van der Waals surface area contributed by atoms with Crippen LogP contribution in [-0.2, 0) is 10.0 Å². The van der Waals surface area contributed by atoms with Gasteiger partial charge in [-0.2, -0.15) is 0 Å². The zero-order chi connectivity index (χ0) is 13.9. The highest BCUT2D eigenvalue weighted by atomic mass is 79.9. The average Bonchev–Trinajstić information content (AvgIpc) is 2.28. The van der Waals surface area contributed by atoms with Crippen molar-refractivity contribution in [3.05, 3.63) is 27.1 Å². The third-order valence-corrected chi connectivity index (χ3v) is 4.86. The fourth-order valence-electron chi connectivity index (χ4n) is 1.36. The second-order valence-electron chi connectivity index (χ2n) is 4.52. The van der Waals surface area contributed by atoms with Gasteiger partial charge in [0.15, 0.2) is 0 Å². The predicted molar refractivity (Wildman–Crippen MR) is 74.0 cm³/mol. The van der Waals surface area contributed by atoms with Crippen LogP contribution in [0.1, 0.15) is 20.3 Å². The fourth-order valence-corrected chi connectivity index (χ4v) is 3.10. The van der Waals surface area contributed by atoms with E-state index in [4.69, 9.17) is 0 Å². The number of hydrogen-bond acceptors (Lipinski definition) is 3. The molecule has 0 saturated heterocycles. The number of hydrogen-bond donors (Lipinski definition) is 1. The van der Waals surface area contributed by atoms with Crippen LogP contribution in [0.15, 0.2) is 26.4 Å². The van der Waals surface area contributed by atoms with Crippen LogP contribution in [0.4, 0.5) is 0 Å². The Morgan fingerprint density at radius 2 is 2.06 bits per heavy atom. The Hall–Kier alpha value is -0.660. The average molecular weight is 337 g/mol. The van der Waals surface area contributed by atoms with Crippen molar-refractivity contribution in [3.63, 3.8) is 0 Å².